The van der Waals surface area contributed by atoms with Crippen LogP contribution in [0.15, 0.2) is 72.0 Å². The fourth-order valence-corrected chi connectivity index (χ4v) is 4.09. The molecule has 4 aromatic rings. The number of amides is 1. The standard InChI is InChI=1S/C24H26N6O2S/c1-17(2)30-21(13-14-25-30)26-23(31)16-33-24-28-27-22(29(24)19-10-5-4-6-11-19)15-32-20-12-8-7-9-18(20)3/h4-14,17H,15-16H2,1-3H3,(H,26,31). The highest BCUT2D eigenvalue weighted by Gasteiger charge is 2.17. The quantitative estimate of drug-likeness (QED) is 0.364. The zero-order valence-electron chi connectivity index (χ0n) is 18.8. The van der Waals surface area contributed by atoms with Gasteiger partial charge in [-0.2, -0.15) is 5.10 Å². The van der Waals surface area contributed by atoms with Gasteiger partial charge in [-0.25, -0.2) is 4.68 Å². The number of para-hydroxylation sites is 2. The van der Waals surface area contributed by atoms with Crippen LogP contribution in [0.2, 0.25) is 0 Å². The second-order valence-corrected chi connectivity index (χ2v) is 8.66. The summed E-state index contributed by atoms with van der Waals surface area (Å²) in [5.41, 5.74) is 1.96. The normalized spacial score (nSPS) is 11.0. The van der Waals surface area contributed by atoms with Crippen LogP contribution >= 0.6 is 11.8 Å². The molecule has 0 fully saturated rings. The van der Waals surface area contributed by atoms with E-state index < -0.39 is 0 Å². The number of carbonyl (C=O) groups excluding carboxylic acids is 1. The average molecular weight is 463 g/mol. The van der Waals surface area contributed by atoms with E-state index in [9.17, 15) is 4.79 Å². The van der Waals surface area contributed by atoms with E-state index in [4.69, 9.17) is 4.74 Å². The summed E-state index contributed by atoms with van der Waals surface area (Å²) in [6.07, 6.45) is 1.68. The first-order valence-corrected chi connectivity index (χ1v) is 11.7. The molecule has 0 aliphatic carbocycles. The van der Waals surface area contributed by atoms with Gasteiger partial charge in [0.05, 0.1) is 11.9 Å². The van der Waals surface area contributed by atoms with Gasteiger partial charge in [0, 0.05) is 17.8 Å². The van der Waals surface area contributed by atoms with Gasteiger partial charge in [-0.3, -0.25) is 9.36 Å². The molecule has 0 aliphatic heterocycles. The number of aryl methyl sites for hydroxylation is 1. The van der Waals surface area contributed by atoms with Gasteiger partial charge in [0.2, 0.25) is 5.91 Å². The Morgan fingerprint density at radius 2 is 1.82 bits per heavy atom. The third-order valence-electron chi connectivity index (χ3n) is 4.92. The van der Waals surface area contributed by atoms with E-state index in [1.165, 1.54) is 11.8 Å². The monoisotopic (exact) mass is 462 g/mol. The fraction of sp³-hybridized carbons (Fsp3) is 0.250. The van der Waals surface area contributed by atoms with Gasteiger partial charge < -0.3 is 10.1 Å². The minimum absolute atomic E-state index is 0.136. The Bertz CT molecular complexity index is 1220. The Balaban J connectivity index is 1.50. The smallest absolute Gasteiger partial charge is 0.235 e. The van der Waals surface area contributed by atoms with Gasteiger partial charge in [-0.1, -0.05) is 48.2 Å². The number of thioether (sulfide) groups is 1. The second kappa shape index (κ2) is 10.4. The first-order valence-electron chi connectivity index (χ1n) is 10.7. The molecule has 0 aliphatic rings. The van der Waals surface area contributed by atoms with Crippen molar-refractivity contribution in [2.75, 3.05) is 11.1 Å². The maximum atomic E-state index is 12.6. The lowest BCUT2D eigenvalue weighted by Crippen LogP contribution is -2.18. The van der Waals surface area contributed by atoms with Gasteiger partial charge >= 0.3 is 0 Å². The first kappa shape index (κ1) is 22.6. The Morgan fingerprint density at radius 1 is 1.06 bits per heavy atom. The van der Waals surface area contributed by atoms with Gasteiger partial charge in [0.1, 0.15) is 18.2 Å². The van der Waals surface area contributed by atoms with E-state index >= 15 is 0 Å². The number of rotatable bonds is 9. The van der Waals surface area contributed by atoms with Crippen molar-refractivity contribution in [3.63, 3.8) is 0 Å². The summed E-state index contributed by atoms with van der Waals surface area (Å²) < 4.78 is 9.71. The van der Waals surface area contributed by atoms with E-state index in [0.717, 1.165) is 17.0 Å². The summed E-state index contributed by atoms with van der Waals surface area (Å²) in [6, 6.07) is 19.6. The van der Waals surface area contributed by atoms with Crippen LogP contribution in [0.5, 0.6) is 5.75 Å². The van der Waals surface area contributed by atoms with Crippen molar-refractivity contribution >= 4 is 23.5 Å². The van der Waals surface area contributed by atoms with E-state index in [0.29, 0.717) is 16.8 Å². The lowest BCUT2D eigenvalue weighted by Gasteiger charge is -2.13. The predicted octanol–water partition coefficient (Wildman–Crippen LogP) is 4.66. The first-order chi connectivity index (χ1) is 16.0. The average Bonchev–Trinajstić information content (AvgIpc) is 3.44. The minimum atomic E-state index is -0.136. The molecule has 0 saturated heterocycles. The highest BCUT2D eigenvalue weighted by molar-refractivity contribution is 7.99. The zero-order valence-corrected chi connectivity index (χ0v) is 19.6. The summed E-state index contributed by atoms with van der Waals surface area (Å²) in [7, 11) is 0. The van der Waals surface area contributed by atoms with E-state index in [2.05, 4.69) is 20.6 Å². The van der Waals surface area contributed by atoms with Crippen molar-refractivity contribution in [3.8, 4) is 11.4 Å². The van der Waals surface area contributed by atoms with E-state index in [1.54, 1.807) is 16.9 Å². The van der Waals surface area contributed by atoms with Gasteiger partial charge in [0.15, 0.2) is 11.0 Å². The van der Waals surface area contributed by atoms with Crippen molar-refractivity contribution in [3.05, 3.63) is 78.2 Å². The van der Waals surface area contributed by atoms with Crippen LogP contribution in [0, 0.1) is 6.92 Å². The summed E-state index contributed by atoms with van der Waals surface area (Å²) >= 11 is 1.32. The number of ether oxygens (including phenoxy) is 1. The number of nitrogens with zero attached hydrogens (tertiary/aromatic N) is 5. The molecule has 9 heteroatoms. The Labute approximate surface area is 197 Å². The van der Waals surface area contributed by atoms with Gasteiger partial charge in [-0.05, 0) is 44.5 Å². The molecule has 170 valence electrons. The number of carbonyl (C=O) groups is 1. The Kier molecular flexibility index (Phi) is 7.09. The third-order valence-corrected chi connectivity index (χ3v) is 5.85. The maximum absolute atomic E-state index is 12.6. The zero-order chi connectivity index (χ0) is 23.2. The lowest BCUT2D eigenvalue weighted by atomic mass is 10.2. The van der Waals surface area contributed by atoms with Crippen LogP contribution in [0.1, 0.15) is 31.3 Å². The van der Waals surface area contributed by atoms with Crippen LogP contribution in [-0.4, -0.2) is 36.2 Å². The molecular formula is C24H26N6O2S. The topological polar surface area (TPSA) is 86.9 Å². The molecule has 0 radical (unpaired) electrons. The van der Waals surface area contributed by atoms with Crippen LogP contribution in [-0.2, 0) is 11.4 Å². The molecule has 0 spiro atoms. The number of aromatic nitrogens is 5. The number of hydrogen-bond donors (Lipinski definition) is 1. The molecule has 2 aromatic carbocycles. The van der Waals surface area contributed by atoms with Crippen LogP contribution in [0.4, 0.5) is 5.82 Å². The Hall–Kier alpha value is -3.59. The van der Waals surface area contributed by atoms with Crippen LogP contribution in [0.3, 0.4) is 0 Å². The summed E-state index contributed by atoms with van der Waals surface area (Å²) in [5, 5.41) is 16.5. The van der Waals surface area contributed by atoms with Crippen LogP contribution < -0.4 is 10.1 Å². The van der Waals surface area contributed by atoms with Gasteiger partial charge in [-0.15, -0.1) is 10.2 Å². The van der Waals surface area contributed by atoms with Crippen molar-refractivity contribution in [1.82, 2.24) is 24.5 Å². The summed E-state index contributed by atoms with van der Waals surface area (Å²) in [4.78, 5) is 12.6. The predicted molar refractivity (Wildman–Crippen MR) is 129 cm³/mol. The largest absolute Gasteiger partial charge is 0.485 e. The van der Waals surface area contributed by atoms with Crippen molar-refractivity contribution in [2.24, 2.45) is 0 Å². The summed E-state index contributed by atoms with van der Waals surface area (Å²) in [6.45, 7) is 6.29. The molecule has 8 nitrogen and oxygen atoms in total. The molecule has 0 unspecified atom stereocenters. The number of benzene rings is 2. The minimum Gasteiger partial charge on any atom is -0.485 e. The molecule has 4 rings (SSSR count). The Morgan fingerprint density at radius 3 is 2.58 bits per heavy atom. The molecule has 2 heterocycles. The molecule has 1 amide bonds. The molecule has 0 bridgehead atoms. The van der Waals surface area contributed by atoms with Crippen molar-refractivity contribution < 1.29 is 9.53 Å². The highest BCUT2D eigenvalue weighted by atomic mass is 32.2. The summed E-state index contributed by atoms with van der Waals surface area (Å²) in [5.74, 6) is 2.18. The maximum Gasteiger partial charge on any atom is 0.235 e. The molecule has 1 N–H and O–H groups in total. The number of nitrogens with one attached hydrogen (secondary N) is 1. The third kappa shape index (κ3) is 5.43. The molecular weight excluding hydrogens is 436 g/mol. The SMILES string of the molecule is Cc1ccccc1OCc1nnc(SCC(=O)Nc2ccnn2C(C)C)n1-c1ccccc1. The number of anilines is 1. The number of hydrogen-bond acceptors (Lipinski definition) is 6. The molecule has 0 atom stereocenters. The second-order valence-electron chi connectivity index (χ2n) is 7.72. The highest BCUT2D eigenvalue weighted by Crippen LogP contribution is 2.24. The molecule has 33 heavy (non-hydrogen) atoms. The lowest BCUT2D eigenvalue weighted by molar-refractivity contribution is -0.113. The van der Waals surface area contributed by atoms with Gasteiger partial charge in [0.25, 0.3) is 0 Å². The van der Waals surface area contributed by atoms with E-state index in [-0.39, 0.29) is 24.3 Å². The van der Waals surface area contributed by atoms with Crippen LogP contribution in [0.25, 0.3) is 5.69 Å². The van der Waals surface area contributed by atoms with E-state index in [1.807, 2.05) is 79.9 Å². The van der Waals surface area contributed by atoms with Crippen molar-refractivity contribution in [2.45, 2.75) is 38.6 Å². The van der Waals surface area contributed by atoms with Crippen molar-refractivity contribution in [1.29, 1.82) is 0 Å². The molecule has 0 saturated carbocycles. The fourth-order valence-electron chi connectivity index (χ4n) is 3.32. The molecule has 2 aromatic heterocycles.